The third-order valence-electron chi connectivity index (χ3n) is 4.97. The third-order valence-corrected chi connectivity index (χ3v) is 4.97. The van der Waals surface area contributed by atoms with Gasteiger partial charge in [0.25, 0.3) is 0 Å². The van der Waals surface area contributed by atoms with Crippen LogP contribution in [0.15, 0.2) is 54.7 Å². The Kier molecular flexibility index (Phi) is 5.20. The van der Waals surface area contributed by atoms with Gasteiger partial charge in [-0.05, 0) is 53.7 Å². The number of nitrogens with zero attached hydrogens (tertiary/aromatic N) is 5. The summed E-state index contributed by atoms with van der Waals surface area (Å²) in [4.78, 5) is 4.25. The number of rotatable bonds is 5. The van der Waals surface area contributed by atoms with Crippen molar-refractivity contribution < 1.29 is 8.78 Å². The van der Waals surface area contributed by atoms with Gasteiger partial charge < -0.3 is 11.1 Å². The molecule has 2 aromatic carbocycles. The first-order valence-electron chi connectivity index (χ1n) is 9.26. The van der Waals surface area contributed by atoms with Crippen LogP contribution in [0, 0.1) is 11.6 Å². The topological polar surface area (TPSA) is 94.5 Å². The van der Waals surface area contributed by atoms with Gasteiger partial charge in [-0.3, -0.25) is 0 Å². The number of nitrogens with two attached hydrogens (primary N) is 1. The van der Waals surface area contributed by atoms with Crippen LogP contribution in [0.2, 0.25) is 0 Å². The standard InChI is InChI=1S/C21H19F2N7/c1-12(25-2)13-6-8-14(9-7-13)15-10-16(20(24)26-11-15)21-27-28-29-30(21)18-5-3-4-17(22)19(18)23/h3-12,25H,1-2H3,(H2,24,26)/t12-/m0/s1. The molecule has 0 bridgehead atoms. The largest absolute Gasteiger partial charge is 0.383 e. The molecule has 0 radical (unpaired) electrons. The van der Waals surface area contributed by atoms with Crippen molar-refractivity contribution in [3.05, 3.63) is 71.9 Å². The molecule has 0 fully saturated rings. The third kappa shape index (κ3) is 3.50. The Labute approximate surface area is 171 Å². The van der Waals surface area contributed by atoms with E-state index in [0.29, 0.717) is 5.56 Å². The van der Waals surface area contributed by atoms with Crippen LogP contribution in [0.1, 0.15) is 18.5 Å². The summed E-state index contributed by atoms with van der Waals surface area (Å²) in [5.41, 5.74) is 9.21. The summed E-state index contributed by atoms with van der Waals surface area (Å²) >= 11 is 0. The van der Waals surface area contributed by atoms with Gasteiger partial charge in [0.15, 0.2) is 17.5 Å². The fourth-order valence-electron chi connectivity index (χ4n) is 3.12. The summed E-state index contributed by atoms with van der Waals surface area (Å²) in [6.07, 6.45) is 1.65. The lowest BCUT2D eigenvalue weighted by Crippen LogP contribution is -2.11. The number of tetrazole rings is 1. The van der Waals surface area contributed by atoms with Gasteiger partial charge >= 0.3 is 0 Å². The molecule has 0 saturated carbocycles. The molecule has 1 atom stereocenters. The van der Waals surface area contributed by atoms with E-state index in [1.807, 2.05) is 31.3 Å². The highest BCUT2D eigenvalue weighted by Gasteiger charge is 2.19. The van der Waals surface area contributed by atoms with E-state index in [9.17, 15) is 8.78 Å². The maximum atomic E-state index is 14.3. The number of pyridine rings is 1. The first-order valence-corrected chi connectivity index (χ1v) is 9.26. The molecule has 2 heterocycles. The Hall–Kier alpha value is -3.72. The zero-order valence-corrected chi connectivity index (χ0v) is 16.3. The van der Waals surface area contributed by atoms with Crippen molar-refractivity contribution >= 4 is 5.82 Å². The average molecular weight is 407 g/mol. The molecule has 0 spiro atoms. The predicted molar refractivity (Wildman–Crippen MR) is 110 cm³/mol. The number of hydrogen-bond donors (Lipinski definition) is 2. The van der Waals surface area contributed by atoms with Gasteiger partial charge in [0.05, 0.1) is 5.56 Å². The second-order valence-electron chi connectivity index (χ2n) is 6.78. The number of aromatic nitrogens is 5. The summed E-state index contributed by atoms with van der Waals surface area (Å²) in [6, 6.07) is 13.8. The Balaban J connectivity index is 1.77. The quantitative estimate of drug-likeness (QED) is 0.526. The molecule has 0 saturated heterocycles. The van der Waals surface area contributed by atoms with Crippen LogP contribution in [0.3, 0.4) is 0 Å². The van der Waals surface area contributed by atoms with Gasteiger partial charge in [-0.15, -0.1) is 5.10 Å². The summed E-state index contributed by atoms with van der Waals surface area (Å²) < 4.78 is 29.1. The van der Waals surface area contributed by atoms with Crippen molar-refractivity contribution in [2.75, 3.05) is 12.8 Å². The smallest absolute Gasteiger partial charge is 0.190 e. The van der Waals surface area contributed by atoms with Crippen molar-refractivity contribution in [3.8, 4) is 28.2 Å². The first-order chi connectivity index (χ1) is 14.5. The van der Waals surface area contributed by atoms with Gasteiger partial charge in [-0.25, -0.2) is 13.8 Å². The Morgan fingerprint density at radius 1 is 1.07 bits per heavy atom. The molecule has 0 unspecified atom stereocenters. The van der Waals surface area contributed by atoms with Gasteiger partial charge in [-0.2, -0.15) is 4.68 Å². The van der Waals surface area contributed by atoms with Gasteiger partial charge in [0.2, 0.25) is 0 Å². The predicted octanol–water partition coefficient (Wildman–Crippen LogP) is 3.53. The molecule has 152 valence electrons. The lowest BCUT2D eigenvalue weighted by molar-refractivity contribution is 0.501. The van der Waals surface area contributed by atoms with Crippen LogP contribution < -0.4 is 11.1 Å². The maximum absolute atomic E-state index is 14.3. The van der Waals surface area contributed by atoms with E-state index in [-0.39, 0.29) is 23.4 Å². The Morgan fingerprint density at radius 2 is 1.83 bits per heavy atom. The molecule has 4 aromatic rings. The molecular weight excluding hydrogens is 388 g/mol. The van der Waals surface area contributed by atoms with E-state index in [4.69, 9.17) is 5.73 Å². The van der Waals surface area contributed by atoms with Crippen LogP contribution in [-0.4, -0.2) is 32.2 Å². The normalized spacial score (nSPS) is 12.1. The second kappa shape index (κ2) is 7.96. The number of anilines is 1. The van der Waals surface area contributed by atoms with Crippen LogP contribution in [-0.2, 0) is 0 Å². The molecule has 4 rings (SSSR count). The molecule has 0 aliphatic rings. The van der Waals surface area contributed by atoms with Gasteiger partial charge in [-0.1, -0.05) is 30.3 Å². The lowest BCUT2D eigenvalue weighted by atomic mass is 10.0. The highest BCUT2D eigenvalue weighted by Crippen LogP contribution is 2.30. The molecular formula is C21H19F2N7. The van der Waals surface area contributed by atoms with Gasteiger partial charge in [0, 0.05) is 17.8 Å². The van der Waals surface area contributed by atoms with E-state index >= 15 is 0 Å². The number of nitrogen functional groups attached to an aromatic ring is 1. The van der Waals surface area contributed by atoms with Crippen LogP contribution >= 0.6 is 0 Å². The molecule has 0 aliphatic carbocycles. The minimum atomic E-state index is -1.05. The molecule has 0 aliphatic heterocycles. The van der Waals surface area contributed by atoms with Crippen molar-refractivity contribution in [3.63, 3.8) is 0 Å². The zero-order chi connectivity index (χ0) is 21.3. The lowest BCUT2D eigenvalue weighted by Gasteiger charge is -2.12. The molecule has 3 N–H and O–H groups in total. The van der Waals surface area contributed by atoms with E-state index < -0.39 is 11.6 Å². The molecule has 2 aromatic heterocycles. The zero-order valence-electron chi connectivity index (χ0n) is 16.3. The fourth-order valence-corrected chi connectivity index (χ4v) is 3.12. The SMILES string of the molecule is CN[C@@H](C)c1ccc(-c2cnc(N)c(-c3nnnn3-c3cccc(F)c3F)c2)cc1. The highest BCUT2D eigenvalue weighted by atomic mass is 19.2. The van der Waals surface area contributed by atoms with E-state index in [2.05, 4.69) is 32.7 Å². The highest BCUT2D eigenvalue weighted by molar-refractivity contribution is 5.76. The second-order valence-corrected chi connectivity index (χ2v) is 6.78. The summed E-state index contributed by atoms with van der Waals surface area (Å²) in [5, 5.41) is 14.6. The van der Waals surface area contributed by atoms with Crippen LogP contribution in [0.4, 0.5) is 14.6 Å². The van der Waals surface area contributed by atoms with E-state index in [1.165, 1.54) is 12.1 Å². The van der Waals surface area contributed by atoms with Gasteiger partial charge in [0.1, 0.15) is 11.5 Å². The van der Waals surface area contributed by atoms with Crippen molar-refractivity contribution in [1.82, 2.24) is 30.5 Å². The summed E-state index contributed by atoms with van der Waals surface area (Å²) in [6.45, 7) is 2.07. The minimum Gasteiger partial charge on any atom is -0.383 e. The molecule has 0 amide bonds. The number of halogens is 2. The Morgan fingerprint density at radius 3 is 2.57 bits per heavy atom. The molecule has 9 heteroatoms. The van der Waals surface area contributed by atoms with Crippen LogP contribution in [0.25, 0.3) is 28.2 Å². The average Bonchev–Trinajstić information content (AvgIpc) is 3.25. The first kappa shape index (κ1) is 19.6. The van der Waals surface area contributed by atoms with E-state index in [0.717, 1.165) is 27.4 Å². The molecule has 30 heavy (non-hydrogen) atoms. The van der Waals surface area contributed by atoms with Crippen molar-refractivity contribution in [1.29, 1.82) is 0 Å². The fraction of sp³-hybridized carbons (Fsp3) is 0.143. The summed E-state index contributed by atoms with van der Waals surface area (Å²) in [5.74, 6) is -1.72. The Bertz CT molecular complexity index is 1190. The monoisotopic (exact) mass is 407 g/mol. The van der Waals surface area contributed by atoms with Crippen molar-refractivity contribution in [2.45, 2.75) is 13.0 Å². The minimum absolute atomic E-state index is 0.120. The number of benzene rings is 2. The summed E-state index contributed by atoms with van der Waals surface area (Å²) in [7, 11) is 1.90. The molecule has 7 nitrogen and oxygen atoms in total. The van der Waals surface area contributed by atoms with Crippen molar-refractivity contribution in [2.24, 2.45) is 0 Å². The number of nitrogens with one attached hydrogen (secondary N) is 1. The van der Waals surface area contributed by atoms with Crippen LogP contribution in [0.5, 0.6) is 0 Å². The maximum Gasteiger partial charge on any atom is 0.190 e. The van der Waals surface area contributed by atoms with E-state index in [1.54, 1.807) is 12.3 Å². The number of hydrogen-bond acceptors (Lipinski definition) is 6.